The molecule has 0 radical (unpaired) electrons. The number of hydroxylamine groups is 2. The summed E-state index contributed by atoms with van der Waals surface area (Å²) in [5.74, 6) is -0.463. The van der Waals surface area contributed by atoms with Gasteiger partial charge in [-0.1, -0.05) is 48.5 Å². The number of hydrogen-bond acceptors (Lipinski definition) is 6. The Labute approximate surface area is 211 Å². The predicted octanol–water partition coefficient (Wildman–Crippen LogP) is 3.92. The van der Waals surface area contributed by atoms with Gasteiger partial charge < -0.3 is 14.8 Å². The zero-order valence-corrected chi connectivity index (χ0v) is 21.3. The van der Waals surface area contributed by atoms with Gasteiger partial charge >= 0.3 is 12.2 Å². The number of ether oxygens (including phenoxy) is 2. The molecular weight excluding hydrogens is 462 g/mol. The minimum atomic E-state index is -0.830. The second kappa shape index (κ2) is 10.2. The first-order valence-corrected chi connectivity index (χ1v) is 12.0. The van der Waals surface area contributed by atoms with Gasteiger partial charge in [0.15, 0.2) is 0 Å². The summed E-state index contributed by atoms with van der Waals surface area (Å²) in [6.07, 6.45) is -1.00. The van der Waals surface area contributed by atoms with Crippen LogP contribution in [0.5, 0.6) is 0 Å². The van der Waals surface area contributed by atoms with E-state index in [4.69, 9.17) is 14.3 Å². The zero-order chi connectivity index (χ0) is 26.0. The van der Waals surface area contributed by atoms with Crippen molar-refractivity contribution in [1.82, 2.24) is 15.3 Å². The topological polar surface area (TPSA) is 97.4 Å². The third kappa shape index (κ3) is 5.31. The van der Waals surface area contributed by atoms with E-state index in [1.165, 1.54) is 19.1 Å². The number of amides is 3. The van der Waals surface area contributed by atoms with Crippen molar-refractivity contribution in [1.29, 1.82) is 0 Å². The lowest BCUT2D eigenvalue weighted by atomic mass is 9.98. The quantitative estimate of drug-likeness (QED) is 0.632. The monoisotopic (exact) mass is 495 g/mol. The molecule has 1 N–H and O–H groups in total. The SMILES string of the molecule is CON(C)C(=O)[C@@H]1C[C@@H](NC(=O)OCC2c3ccccc3-c3ccccc32)CN1C(=O)OC(C)(C)C. The Morgan fingerprint density at radius 1 is 1.03 bits per heavy atom. The van der Waals surface area contributed by atoms with Crippen molar-refractivity contribution in [3.63, 3.8) is 0 Å². The van der Waals surface area contributed by atoms with E-state index in [1.54, 1.807) is 20.8 Å². The summed E-state index contributed by atoms with van der Waals surface area (Å²) < 4.78 is 11.1. The van der Waals surface area contributed by atoms with Crippen molar-refractivity contribution in [2.75, 3.05) is 27.3 Å². The summed E-state index contributed by atoms with van der Waals surface area (Å²) in [5.41, 5.74) is 3.81. The maximum absolute atomic E-state index is 12.8. The number of rotatable bonds is 5. The van der Waals surface area contributed by atoms with Crippen molar-refractivity contribution in [3.05, 3.63) is 59.7 Å². The van der Waals surface area contributed by atoms with Crippen LogP contribution in [-0.4, -0.2) is 73.1 Å². The van der Waals surface area contributed by atoms with E-state index in [2.05, 4.69) is 29.6 Å². The van der Waals surface area contributed by atoms with E-state index in [-0.39, 0.29) is 25.5 Å². The Morgan fingerprint density at radius 3 is 2.17 bits per heavy atom. The van der Waals surface area contributed by atoms with Gasteiger partial charge in [0.1, 0.15) is 18.2 Å². The Bertz CT molecular complexity index is 1100. The van der Waals surface area contributed by atoms with Crippen molar-refractivity contribution < 1.29 is 28.7 Å². The molecule has 0 unspecified atom stereocenters. The van der Waals surface area contributed by atoms with Gasteiger partial charge in [-0.25, -0.2) is 14.7 Å². The first-order valence-electron chi connectivity index (χ1n) is 12.0. The average Bonchev–Trinajstić information content (AvgIpc) is 3.40. The summed E-state index contributed by atoms with van der Waals surface area (Å²) in [5, 5.41) is 3.89. The van der Waals surface area contributed by atoms with Gasteiger partial charge in [0.2, 0.25) is 0 Å². The maximum Gasteiger partial charge on any atom is 0.411 e. The lowest BCUT2D eigenvalue weighted by molar-refractivity contribution is -0.173. The van der Waals surface area contributed by atoms with E-state index in [9.17, 15) is 14.4 Å². The van der Waals surface area contributed by atoms with Gasteiger partial charge in [-0.05, 0) is 49.4 Å². The summed E-state index contributed by atoms with van der Waals surface area (Å²) in [6, 6.07) is 14.9. The van der Waals surface area contributed by atoms with E-state index in [0.717, 1.165) is 27.3 Å². The Hall–Kier alpha value is -3.59. The molecule has 2 aliphatic rings. The molecule has 0 aromatic heterocycles. The van der Waals surface area contributed by atoms with Crippen LogP contribution in [0.25, 0.3) is 11.1 Å². The average molecular weight is 496 g/mol. The van der Waals surface area contributed by atoms with Crippen LogP contribution in [0.3, 0.4) is 0 Å². The third-order valence-electron chi connectivity index (χ3n) is 6.46. The highest BCUT2D eigenvalue weighted by atomic mass is 16.7. The Kier molecular flexibility index (Phi) is 7.21. The molecule has 1 fully saturated rings. The highest BCUT2D eigenvalue weighted by Crippen LogP contribution is 2.44. The Morgan fingerprint density at radius 2 is 1.61 bits per heavy atom. The van der Waals surface area contributed by atoms with Gasteiger partial charge in [0.25, 0.3) is 5.91 Å². The van der Waals surface area contributed by atoms with Crippen molar-refractivity contribution in [2.24, 2.45) is 0 Å². The molecule has 9 nitrogen and oxygen atoms in total. The number of fused-ring (bicyclic) bond motifs is 3. The van der Waals surface area contributed by atoms with E-state index < -0.39 is 35.8 Å². The molecule has 9 heteroatoms. The fourth-order valence-electron chi connectivity index (χ4n) is 4.80. The van der Waals surface area contributed by atoms with E-state index >= 15 is 0 Å². The van der Waals surface area contributed by atoms with Gasteiger partial charge in [-0.15, -0.1) is 0 Å². The molecule has 1 aliphatic heterocycles. The summed E-state index contributed by atoms with van der Waals surface area (Å²) >= 11 is 0. The smallest absolute Gasteiger partial charge is 0.411 e. The number of nitrogens with one attached hydrogen (secondary N) is 1. The fourth-order valence-corrected chi connectivity index (χ4v) is 4.80. The minimum absolute atomic E-state index is 0.0605. The molecular formula is C27H33N3O6. The first-order chi connectivity index (χ1) is 17.1. The number of carbonyl (C=O) groups excluding carboxylic acids is 3. The molecule has 192 valence electrons. The van der Waals surface area contributed by atoms with Gasteiger partial charge in [-0.3, -0.25) is 14.5 Å². The molecule has 3 amide bonds. The van der Waals surface area contributed by atoms with Gasteiger partial charge in [0.05, 0.1) is 13.2 Å². The standard InChI is InChI=1S/C27H33N3O6/c1-27(2,3)36-26(33)30-15-17(14-23(30)24(31)29(4)34-5)28-25(32)35-16-22-20-12-8-6-10-18(20)19-11-7-9-13-21(19)22/h6-13,17,22-23H,14-16H2,1-5H3,(H,28,32)/t17-,23+/m1/s1. The van der Waals surface area contributed by atoms with E-state index in [0.29, 0.717) is 0 Å². The molecule has 4 rings (SSSR count). The molecule has 1 aliphatic carbocycles. The van der Waals surface area contributed by atoms with Crippen molar-refractivity contribution >= 4 is 18.1 Å². The van der Waals surface area contributed by atoms with Crippen molar-refractivity contribution in [2.45, 2.75) is 50.8 Å². The first kappa shape index (κ1) is 25.5. The number of alkyl carbamates (subject to hydrolysis) is 1. The van der Waals surface area contributed by atoms with Crippen LogP contribution in [0.15, 0.2) is 48.5 Å². The molecule has 2 aromatic rings. The maximum atomic E-state index is 12.8. The number of likely N-dealkylation sites (tertiary alicyclic amines) is 1. The summed E-state index contributed by atoms with van der Waals surface area (Å²) in [4.78, 5) is 44.7. The highest BCUT2D eigenvalue weighted by Gasteiger charge is 2.43. The lowest BCUT2D eigenvalue weighted by Crippen LogP contribution is -2.47. The van der Waals surface area contributed by atoms with Crippen LogP contribution in [-0.2, 0) is 19.1 Å². The second-order valence-electron chi connectivity index (χ2n) is 10.1. The molecule has 36 heavy (non-hydrogen) atoms. The van der Waals surface area contributed by atoms with E-state index in [1.807, 2.05) is 24.3 Å². The fraction of sp³-hybridized carbons (Fsp3) is 0.444. The molecule has 1 saturated heterocycles. The Balaban J connectivity index is 1.42. The van der Waals surface area contributed by atoms with Gasteiger partial charge in [-0.2, -0.15) is 0 Å². The van der Waals surface area contributed by atoms with Gasteiger partial charge in [0, 0.05) is 19.5 Å². The number of carbonyl (C=O) groups is 3. The van der Waals surface area contributed by atoms with Crippen LogP contribution >= 0.6 is 0 Å². The third-order valence-corrected chi connectivity index (χ3v) is 6.46. The van der Waals surface area contributed by atoms with Crippen LogP contribution in [0.2, 0.25) is 0 Å². The molecule has 2 aromatic carbocycles. The van der Waals surface area contributed by atoms with Crippen LogP contribution < -0.4 is 5.32 Å². The molecule has 0 spiro atoms. The summed E-state index contributed by atoms with van der Waals surface area (Å²) in [7, 11) is 2.85. The van der Waals surface area contributed by atoms with Crippen LogP contribution in [0.4, 0.5) is 9.59 Å². The lowest BCUT2D eigenvalue weighted by Gasteiger charge is -2.29. The molecule has 2 atom stereocenters. The number of nitrogens with zero attached hydrogens (tertiary/aromatic N) is 2. The van der Waals surface area contributed by atoms with Crippen LogP contribution in [0.1, 0.15) is 44.2 Å². The predicted molar refractivity (Wildman–Crippen MR) is 133 cm³/mol. The van der Waals surface area contributed by atoms with Crippen molar-refractivity contribution in [3.8, 4) is 11.1 Å². The zero-order valence-electron chi connectivity index (χ0n) is 21.3. The molecule has 1 heterocycles. The molecule has 0 saturated carbocycles. The summed E-state index contributed by atoms with van der Waals surface area (Å²) in [6.45, 7) is 5.56. The number of likely N-dealkylation sites (N-methyl/N-ethyl adjacent to an activating group) is 1. The normalized spacial score (nSPS) is 18.9. The highest BCUT2D eigenvalue weighted by molar-refractivity contribution is 5.86. The number of hydrogen-bond donors (Lipinski definition) is 1. The largest absolute Gasteiger partial charge is 0.449 e. The second-order valence-corrected chi connectivity index (χ2v) is 10.1. The molecule has 0 bridgehead atoms. The minimum Gasteiger partial charge on any atom is -0.449 e. The number of benzene rings is 2. The van der Waals surface area contributed by atoms with Crippen LogP contribution in [0, 0.1) is 0 Å².